The fraction of sp³-hybridized carbons (Fsp3) is 0.588. The topological polar surface area (TPSA) is 40.5 Å². The van der Waals surface area contributed by atoms with Crippen LogP contribution in [-0.4, -0.2) is 30.1 Å². The number of benzene rings is 1. The van der Waals surface area contributed by atoms with Crippen LogP contribution in [0.5, 0.6) is 0 Å². The summed E-state index contributed by atoms with van der Waals surface area (Å²) >= 11 is 0. The SMILES string of the molecule is Cc1ccc2c(c1)CCCN2C(CO)C(=O)C(C)(C)C. The standard InChI is InChI=1S/C17H25NO2/c1-12-7-8-14-13(10-12)6-5-9-18(14)15(11-19)16(20)17(2,3)4/h7-8,10,15,19H,5-6,9,11H2,1-4H3. The first-order chi connectivity index (χ1) is 9.34. The molecule has 0 saturated heterocycles. The van der Waals surface area contributed by atoms with Crippen molar-refractivity contribution in [3.05, 3.63) is 29.3 Å². The maximum atomic E-state index is 12.6. The molecule has 0 bridgehead atoms. The Hall–Kier alpha value is -1.35. The molecule has 0 radical (unpaired) electrons. The summed E-state index contributed by atoms with van der Waals surface area (Å²) in [5.41, 5.74) is 3.21. The first kappa shape index (κ1) is 15.0. The lowest BCUT2D eigenvalue weighted by atomic mass is 9.85. The fourth-order valence-electron chi connectivity index (χ4n) is 2.90. The van der Waals surface area contributed by atoms with Gasteiger partial charge in [0.15, 0.2) is 5.78 Å². The molecule has 20 heavy (non-hydrogen) atoms. The molecule has 1 aliphatic rings. The molecule has 0 saturated carbocycles. The highest BCUT2D eigenvalue weighted by Gasteiger charge is 2.35. The Morgan fingerprint density at radius 3 is 2.70 bits per heavy atom. The molecule has 1 N–H and O–H groups in total. The number of aliphatic hydroxyl groups excluding tert-OH is 1. The van der Waals surface area contributed by atoms with Crippen molar-refractivity contribution in [2.24, 2.45) is 5.41 Å². The van der Waals surface area contributed by atoms with Crippen molar-refractivity contribution in [3.8, 4) is 0 Å². The Kier molecular flexibility index (Phi) is 4.19. The van der Waals surface area contributed by atoms with Crippen LogP contribution in [0.15, 0.2) is 18.2 Å². The Labute approximate surface area is 121 Å². The van der Waals surface area contributed by atoms with Gasteiger partial charge in [-0.2, -0.15) is 0 Å². The van der Waals surface area contributed by atoms with E-state index in [0.717, 1.165) is 25.1 Å². The molecule has 1 aliphatic heterocycles. The molecule has 2 rings (SSSR count). The van der Waals surface area contributed by atoms with Crippen molar-refractivity contribution in [3.63, 3.8) is 0 Å². The Balaban J connectivity index is 2.36. The van der Waals surface area contributed by atoms with Gasteiger partial charge in [-0.15, -0.1) is 0 Å². The molecule has 1 aromatic rings. The number of carbonyl (C=O) groups excluding carboxylic acids is 1. The van der Waals surface area contributed by atoms with E-state index in [2.05, 4.69) is 30.0 Å². The molecule has 1 heterocycles. The van der Waals surface area contributed by atoms with Gasteiger partial charge in [0.25, 0.3) is 0 Å². The summed E-state index contributed by atoms with van der Waals surface area (Å²) in [6, 6.07) is 5.92. The molecule has 0 fully saturated rings. The minimum absolute atomic E-state index is 0.105. The van der Waals surface area contributed by atoms with Gasteiger partial charge in [0, 0.05) is 17.6 Å². The molecule has 3 nitrogen and oxygen atoms in total. The molecule has 3 heteroatoms. The van der Waals surface area contributed by atoms with Crippen molar-refractivity contribution in [1.29, 1.82) is 0 Å². The van der Waals surface area contributed by atoms with Crippen LogP contribution in [0, 0.1) is 12.3 Å². The molecule has 0 amide bonds. The minimum Gasteiger partial charge on any atom is -0.394 e. The van der Waals surface area contributed by atoms with Gasteiger partial charge in [-0.25, -0.2) is 0 Å². The average Bonchev–Trinajstić information content (AvgIpc) is 2.38. The third-order valence-corrected chi connectivity index (χ3v) is 3.98. The van der Waals surface area contributed by atoms with Crippen molar-refractivity contribution in [2.45, 2.75) is 46.6 Å². The lowest BCUT2D eigenvalue weighted by Crippen LogP contribution is -2.50. The Morgan fingerprint density at radius 1 is 1.40 bits per heavy atom. The second-order valence-corrected chi connectivity index (χ2v) is 6.74. The molecule has 1 unspecified atom stereocenters. The van der Waals surface area contributed by atoms with E-state index in [9.17, 15) is 9.90 Å². The van der Waals surface area contributed by atoms with Gasteiger partial charge in [0.1, 0.15) is 6.04 Å². The highest BCUT2D eigenvalue weighted by Crippen LogP contribution is 2.31. The number of aryl methyl sites for hydroxylation is 2. The zero-order valence-electron chi connectivity index (χ0n) is 12.9. The third kappa shape index (κ3) is 2.88. The minimum atomic E-state index is -0.435. The van der Waals surface area contributed by atoms with Gasteiger partial charge in [0.05, 0.1) is 6.61 Å². The first-order valence-corrected chi connectivity index (χ1v) is 7.36. The molecular formula is C17H25NO2. The van der Waals surface area contributed by atoms with Crippen LogP contribution >= 0.6 is 0 Å². The second-order valence-electron chi connectivity index (χ2n) is 6.74. The number of Topliss-reactive ketones (excluding diaryl/α,β-unsaturated/α-hetero) is 1. The van der Waals surface area contributed by atoms with E-state index in [1.807, 2.05) is 20.8 Å². The Morgan fingerprint density at radius 2 is 2.10 bits per heavy atom. The number of hydrogen-bond donors (Lipinski definition) is 1. The van der Waals surface area contributed by atoms with Crippen LogP contribution in [0.1, 0.15) is 38.3 Å². The van der Waals surface area contributed by atoms with Gasteiger partial charge in [-0.3, -0.25) is 4.79 Å². The summed E-state index contributed by atoms with van der Waals surface area (Å²) in [5.74, 6) is 0.105. The zero-order valence-corrected chi connectivity index (χ0v) is 12.9. The van der Waals surface area contributed by atoms with Crippen LogP contribution < -0.4 is 4.90 Å². The zero-order chi connectivity index (χ0) is 14.9. The van der Waals surface area contributed by atoms with E-state index in [1.54, 1.807) is 0 Å². The smallest absolute Gasteiger partial charge is 0.162 e. The number of carbonyl (C=O) groups is 1. The van der Waals surface area contributed by atoms with Crippen LogP contribution in [0.25, 0.3) is 0 Å². The number of nitrogens with zero attached hydrogens (tertiary/aromatic N) is 1. The van der Waals surface area contributed by atoms with Crippen LogP contribution in [-0.2, 0) is 11.2 Å². The number of fused-ring (bicyclic) bond motifs is 1. The van der Waals surface area contributed by atoms with Gasteiger partial charge < -0.3 is 10.0 Å². The van der Waals surface area contributed by atoms with Crippen molar-refractivity contribution in [1.82, 2.24) is 0 Å². The number of anilines is 1. The van der Waals surface area contributed by atoms with E-state index in [4.69, 9.17) is 0 Å². The Bertz CT molecular complexity index is 502. The number of hydrogen-bond acceptors (Lipinski definition) is 3. The van der Waals surface area contributed by atoms with Gasteiger partial charge in [-0.05, 0) is 31.4 Å². The van der Waals surface area contributed by atoms with E-state index in [0.29, 0.717) is 0 Å². The predicted molar refractivity (Wildman–Crippen MR) is 82.2 cm³/mol. The second kappa shape index (κ2) is 5.57. The molecule has 110 valence electrons. The molecule has 1 aromatic carbocycles. The van der Waals surface area contributed by atoms with E-state index < -0.39 is 11.5 Å². The summed E-state index contributed by atoms with van der Waals surface area (Å²) in [7, 11) is 0. The number of ketones is 1. The lowest BCUT2D eigenvalue weighted by molar-refractivity contribution is -0.128. The lowest BCUT2D eigenvalue weighted by Gasteiger charge is -2.38. The summed E-state index contributed by atoms with van der Waals surface area (Å²) in [5, 5.41) is 9.73. The molecule has 0 aliphatic carbocycles. The van der Waals surface area contributed by atoms with Crippen molar-refractivity contribution < 1.29 is 9.90 Å². The normalized spacial score (nSPS) is 16.8. The van der Waals surface area contributed by atoms with E-state index in [-0.39, 0.29) is 12.4 Å². The maximum absolute atomic E-state index is 12.6. The fourth-order valence-corrected chi connectivity index (χ4v) is 2.90. The highest BCUT2D eigenvalue weighted by molar-refractivity contribution is 5.92. The van der Waals surface area contributed by atoms with Crippen LogP contribution in [0.2, 0.25) is 0 Å². The third-order valence-electron chi connectivity index (χ3n) is 3.98. The predicted octanol–water partition coefficient (Wildman–Crippen LogP) is 2.72. The largest absolute Gasteiger partial charge is 0.394 e. The first-order valence-electron chi connectivity index (χ1n) is 7.36. The number of aliphatic hydroxyl groups is 1. The van der Waals surface area contributed by atoms with Crippen LogP contribution in [0.4, 0.5) is 5.69 Å². The monoisotopic (exact) mass is 275 g/mol. The van der Waals surface area contributed by atoms with Crippen molar-refractivity contribution >= 4 is 11.5 Å². The molecule has 1 atom stereocenters. The highest BCUT2D eigenvalue weighted by atomic mass is 16.3. The summed E-state index contributed by atoms with van der Waals surface area (Å²) < 4.78 is 0. The van der Waals surface area contributed by atoms with Gasteiger partial charge in [0.2, 0.25) is 0 Å². The molecular weight excluding hydrogens is 250 g/mol. The molecule has 0 aromatic heterocycles. The maximum Gasteiger partial charge on any atom is 0.162 e. The van der Waals surface area contributed by atoms with Gasteiger partial charge >= 0.3 is 0 Å². The van der Waals surface area contributed by atoms with Crippen molar-refractivity contribution in [2.75, 3.05) is 18.1 Å². The van der Waals surface area contributed by atoms with E-state index >= 15 is 0 Å². The quantitative estimate of drug-likeness (QED) is 0.922. The summed E-state index contributed by atoms with van der Waals surface area (Å²) in [6.07, 6.45) is 2.08. The average molecular weight is 275 g/mol. The molecule has 0 spiro atoms. The van der Waals surface area contributed by atoms with E-state index in [1.165, 1.54) is 11.1 Å². The van der Waals surface area contributed by atoms with Gasteiger partial charge in [-0.1, -0.05) is 38.5 Å². The summed E-state index contributed by atoms with van der Waals surface area (Å²) in [6.45, 7) is 8.55. The number of rotatable bonds is 3. The summed E-state index contributed by atoms with van der Waals surface area (Å²) in [4.78, 5) is 14.7. The van der Waals surface area contributed by atoms with Crippen LogP contribution in [0.3, 0.4) is 0 Å².